The first-order valence-electron chi connectivity index (χ1n) is 7.42. The number of benzene rings is 2. The Morgan fingerprint density at radius 2 is 1.67 bits per heavy atom. The fourth-order valence-corrected chi connectivity index (χ4v) is 3.78. The molecule has 6 heteroatoms. The molecule has 0 fully saturated rings. The second kappa shape index (κ2) is 6.07. The topological polar surface area (TPSA) is 59.6 Å². The zero-order chi connectivity index (χ0) is 16.5. The second-order valence-corrected chi connectivity index (χ2v) is 6.75. The Morgan fingerprint density at radius 3 is 2.38 bits per heavy atom. The lowest BCUT2D eigenvalue weighted by Gasteiger charge is -2.05. The fourth-order valence-electron chi connectivity index (χ4n) is 2.62. The van der Waals surface area contributed by atoms with E-state index in [1.807, 2.05) is 53.1 Å². The van der Waals surface area contributed by atoms with E-state index in [2.05, 4.69) is 28.4 Å². The smallest absolute Gasteiger partial charge is 0.200 e. The highest BCUT2D eigenvalue weighted by Gasteiger charge is 2.17. The van der Waals surface area contributed by atoms with E-state index in [9.17, 15) is 0 Å². The van der Waals surface area contributed by atoms with Gasteiger partial charge in [0.25, 0.3) is 0 Å². The van der Waals surface area contributed by atoms with E-state index in [-0.39, 0.29) is 0 Å². The van der Waals surface area contributed by atoms with Gasteiger partial charge in [-0.3, -0.25) is 9.67 Å². The number of aromatic nitrogens is 3. The zero-order valence-corrected chi connectivity index (χ0v) is 14.3. The number of hydrogen-bond donors (Lipinski definition) is 2. The summed E-state index contributed by atoms with van der Waals surface area (Å²) in [5.41, 5.74) is 9.26. The van der Waals surface area contributed by atoms with Crippen LogP contribution in [0.5, 0.6) is 0 Å². The van der Waals surface area contributed by atoms with Crippen LogP contribution in [0.2, 0.25) is 0 Å². The van der Waals surface area contributed by atoms with E-state index in [4.69, 9.17) is 18.0 Å². The summed E-state index contributed by atoms with van der Waals surface area (Å²) in [6.45, 7) is 0. The lowest BCUT2D eigenvalue weighted by atomic mass is 10.1. The maximum absolute atomic E-state index is 6.28. The number of anilines is 1. The average Bonchev–Trinajstić information content (AvgIpc) is 3.19. The Balaban J connectivity index is 1.87. The Bertz CT molecular complexity index is 1030. The fraction of sp³-hybridized carbons (Fsp3) is 0. The Morgan fingerprint density at radius 1 is 1.00 bits per heavy atom. The molecule has 0 aliphatic carbocycles. The van der Waals surface area contributed by atoms with Gasteiger partial charge in [0, 0.05) is 10.6 Å². The van der Waals surface area contributed by atoms with E-state index < -0.39 is 0 Å². The molecule has 2 aromatic heterocycles. The summed E-state index contributed by atoms with van der Waals surface area (Å²) in [7, 11) is 0. The van der Waals surface area contributed by atoms with Gasteiger partial charge in [-0.2, -0.15) is 5.10 Å². The largest absolute Gasteiger partial charge is 0.390 e. The van der Waals surface area contributed by atoms with E-state index in [1.165, 1.54) is 0 Å². The zero-order valence-electron chi connectivity index (χ0n) is 12.6. The van der Waals surface area contributed by atoms with Gasteiger partial charge in [-0.05, 0) is 36.0 Å². The molecule has 0 aliphatic rings. The molecule has 0 aliphatic heterocycles. The second-order valence-electron chi connectivity index (χ2n) is 5.28. The highest BCUT2D eigenvalue weighted by Crippen LogP contribution is 2.39. The van der Waals surface area contributed by atoms with Gasteiger partial charge in [0.2, 0.25) is 0 Å². The van der Waals surface area contributed by atoms with Crippen LogP contribution in [-0.4, -0.2) is 14.8 Å². The molecule has 4 rings (SSSR count). The standard InChI is InChI=1S/C18H14N4S2/c19-16-14(11-15(24-16)12-7-3-1-4-8-12)17-20-21-18(23)22(17)13-9-5-2-6-10-13/h1-11H,19H2,(H,21,23). The number of nitrogens with one attached hydrogen (secondary N) is 1. The van der Waals surface area contributed by atoms with E-state index >= 15 is 0 Å². The molecule has 118 valence electrons. The quantitative estimate of drug-likeness (QED) is 0.516. The van der Waals surface area contributed by atoms with Crippen LogP contribution in [0.1, 0.15) is 0 Å². The van der Waals surface area contributed by atoms with Crippen LogP contribution in [0.25, 0.3) is 27.5 Å². The predicted molar refractivity (Wildman–Crippen MR) is 102 cm³/mol. The van der Waals surface area contributed by atoms with Crippen LogP contribution in [-0.2, 0) is 0 Å². The van der Waals surface area contributed by atoms with Gasteiger partial charge in [0.1, 0.15) is 0 Å². The molecule has 2 heterocycles. The van der Waals surface area contributed by atoms with Crippen LogP contribution < -0.4 is 5.73 Å². The SMILES string of the molecule is Nc1sc(-c2ccccc2)cc1-c1n[nH]c(=S)n1-c1ccccc1. The summed E-state index contributed by atoms with van der Waals surface area (Å²) in [4.78, 5) is 1.11. The van der Waals surface area contributed by atoms with Crippen molar-refractivity contribution in [3.63, 3.8) is 0 Å². The van der Waals surface area contributed by atoms with Gasteiger partial charge in [-0.15, -0.1) is 11.3 Å². The summed E-state index contributed by atoms with van der Waals surface area (Å²) < 4.78 is 2.45. The number of hydrogen-bond acceptors (Lipinski definition) is 4. The van der Waals surface area contributed by atoms with Crippen LogP contribution >= 0.6 is 23.6 Å². The first-order valence-corrected chi connectivity index (χ1v) is 8.64. The van der Waals surface area contributed by atoms with Gasteiger partial charge in [-0.1, -0.05) is 48.5 Å². The Kier molecular flexibility index (Phi) is 3.76. The van der Waals surface area contributed by atoms with E-state index in [1.54, 1.807) is 11.3 Å². The molecule has 0 amide bonds. The Labute approximate surface area is 148 Å². The van der Waals surface area contributed by atoms with Gasteiger partial charge in [0.15, 0.2) is 10.6 Å². The summed E-state index contributed by atoms with van der Waals surface area (Å²) >= 11 is 6.96. The number of nitrogen functional groups attached to an aromatic ring is 1. The highest BCUT2D eigenvalue weighted by atomic mass is 32.1. The molecular weight excluding hydrogens is 336 g/mol. The van der Waals surface area contributed by atoms with Crippen molar-refractivity contribution in [1.82, 2.24) is 14.8 Å². The summed E-state index contributed by atoms with van der Waals surface area (Å²) in [5, 5.41) is 8.00. The normalized spacial score (nSPS) is 10.8. The van der Waals surface area contributed by atoms with Crippen molar-refractivity contribution in [2.45, 2.75) is 0 Å². The molecule has 2 aromatic carbocycles. The van der Waals surface area contributed by atoms with Crippen LogP contribution in [0.15, 0.2) is 66.7 Å². The third-order valence-corrected chi connectivity index (χ3v) is 5.03. The molecule has 0 atom stereocenters. The molecule has 3 N–H and O–H groups in total. The van der Waals surface area contributed by atoms with Crippen molar-refractivity contribution in [1.29, 1.82) is 0 Å². The molecule has 4 aromatic rings. The lowest BCUT2D eigenvalue weighted by Crippen LogP contribution is -1.98. The summed E-state index contributed by atoms with van der Waals surface area (Å²) in [6, 6.07) is 22.2. The summed E-state index contributed by atoms with van der Waals surface area (Å²) in [5.74, 6) is 0.724. The highest BCUT2D eigenvalue weighted by molar-refractivity contribution is 7.71. The molecule has 0 saturated carbocycles. The monoisotopic (exact) mass is 350 g/mol. The van der Waals surface area contributed by atoms with Crippen molar-refractivity contribution < 1.29 is 0 Å². The molecule has 0 spiro atoms. The van der Waals surface area contributed by atoms with Crippen molar-refractivity contribution >= 4 is 28.6 Å². The van der Waals surface area contributed by atoms with E-state index in [0.29, 0.717) is 4.77 Å². The summed E-state index contributed by atoms with van der Waals surface area (Å²) in [6.07, 6.45) is 0. The molecular formula is C18H14N4S2. The molecule has 4 nitrogen and oxygen atoms in total. The van der Waals surface area contributed by atoms with Crippen molar-refractivity contribution in [3.05, 3.63) is 71.5 Å². The number of thiophene rings is 1. The molecule has 0 bridgehead atoms. The maximum atomic E-state index is 6.28. The maximum Gasteiger partial charge on any atom is 0.200 e. The van der Waals surface area contributed by atoms with Crippen LogP contribution in [0.4, 0.5) is 5.00 Å². The first kappa shape index (κ1) is 14.9. The number of nitrogens with two attached hydrogens (primary N) is 1. The third kappa shape index (κ3) is 2.55. The number of H-pyrrole nitrogens is 1. The molecule has 24 heavy (non-hydrogen) atoms. The minimum absolute atomic E-state index is 0.545. The van der Waals surface area contributed by atoms with Crippen molar-refractivity contribution in [2.75, 3.05) is 5.73 Å². The third-order valence-electron chi connectivity index (χ3n) is 3.75. The first-order chi connectivity index (χ1) is 11.7. The average molecular weight is 350 g/mol. The van der Waals surface area contributed by atoms with Crippen molar-refractivity contribution in [2.24, 2.45) is 0 Å². The number of nitrogens with zero attached hydrogens (tertiary/aromatic N) is 2. The number of rotatable bonds is 3. The molecule has 0 saturated heterocycles. The number of aromatic amines is 1. The number of para-hydroxylation sites is 1. The van der Waals surface area contributed by atoms with Crippen LogP contribution in [0.3, 0.4) is 0 Å². The minimum atomic E-state index is 0.545. The molecule has 0 unspecified atom stereocenters. The predicted octanol–water partition coefficient (Wildman–Crippen LogP) is 4.91. The van der Waals surface area contributed by atoms with Gasteiger partial charge in [0.05, 0.1) is 10.6 Å². The lowest BCUT2D eigenvalue weighted by molar-refractivity contribution is 1.04. The van der Waals surface area contributed by atoms with Gasteiger partial charge in [-0.25, -0.2) is 0 Å². The Hall–Kier alpha value is -2.70. The van der Waals surface area contributed by atoms with Gasteiger partial charge >= 0.3 is 0 Å². The molecule has 0 radical (unpaired) electrons. The van der Waals surface area contributed by atoms with Crippen molar-refractivity contribution in [3.8, 4) is 27.5 Å². The van der Waals surface area contributed by atoms with E-state index in [0.717, 1.165) is 32.5 Å². The van der Waals surface area contributed by atoms with Crippen LogP contribution in [0, 0.1) is 4.77 Å². The minimum Gasteiger partial charge on any atom is -0.390 e. The van der Waals surface area contributed by atoms with Gasteiger partial charge < -0.3 is 5.73 Å².